The molecule has 10 nitrogen and oxygen atoms in total. The van der Waals surface area contributed by atoms with E-state index in [-0.39, 0.29) is 38.7 Å². The predicted molar refractivity (Wildman–Crippen MR) is 77.3 cm³/mol. The summed E-state index contributed by atoms with van der Waals surface area (Å²) < 4.78 is 6.01. The summed E-state index contributed by atoms with van der Waals surface area (Å²) in [6, 6.07) is 0. The van der Waals surface area contributed by atoms with Crippen LogP contribution < -0.4 is 10.4 Å². The van der Waals surface area contributed by atoms with Crippen molar-refractivity contribution in [3.63, 3.8) is 0 Å². The van der Waals surface area contributed by atoms with Crippen molar-refractivity contribution in [1.29, 1.82) is 0 Å². The molecule has 1 aliphatic heterocycles. The van der Waals surface area contributed by atoms with Gasteiger partial charge in [0.05, 0.1) is 19.8 Å². The molecule has 0 unspecified atom stereocenters. The summed E-state index contributed by atoms with van der Waals surface area (Å²) in [6.45, 7) is 0.325. The highest BCUT2D eigenvalue weighted by Crippen LogP contribution is 2.21. The van der Waals surface area contributed by atoms with Gasteiger partial charge < -0.3 is 25.0 Å². The van der Waals surface area contributed by atoms with Crippen LogP contribution in [0.15, 0.2) is 11.0 Å². The second-order valence-electron chi connectivity index (χ2n) is 4.88. The van der Waals surface area contributed by atoms with E-state index in [1.165, 1.54) is 17.0 Å². The number of fused-ring (bicyclic) bond motifs is 1. The minimum absolute atomic E-state index is 0.0527. The number of ether oxygens (including phenoxy) is 1. The lowest BCUT2D eigenvalue weighted by Crippen LogP contribution is -2.55. The maximum absolute atomic E-state index is 12.4. The molecule has 0 fully saturated rings. The monoisotopic (exact) mass is 327 g/mol. The van der Waals surface area contributed by atoms with Crippen LogP contribution in [0.2, 0.25) is 0 Å². The van der Waals surface area contributed by atoms with Gasteiger partial charge in [0, 0.05) is 19.9 Å². The first-order chi connectivity index (χ1) is 10.9. The van der Waals surface area contributed by atoms with Crippen LogP contribution in [0.3, 0.4) is 0 Å². The van der Waals surface area contributed by atoms with E-state index in [4.69, 9.17) is 14.9 Å². The van der Waals surface area contributed by atoms with Crippen molar-refractivity contribution in [2.75, 3.05) is 45.1 Å². The van der Waals surface area contributed by atoms with E-state index in [1.54, 1.807) is 0 Å². The molecule has 0 spiro atoms. The van der Waals surface area contributed by atoms with Gasteiger partial charge in [-0.05, 0) is 0 Å². The smallest absolute Gasteiger partial charge is 0.341 e. The zero-order valence-electron chi connectivity index (χ0n) is 12.4. The van der Waals surface area contributed by atoms with E-state index >= 15 is 0 Å². The molecule has 2 rings (SSSR count). The number of aromatic hydroxyl groups is 1. The lowest BCUT2D eigenvalue weighted by atomic mass is 10.2. The van der Waals surface area contributed by atoms with E-state index in [0.717, 1.165) is 10.9 Å². The molecule has 0 atom stereocenters. The predicted octanol–water partition coefficient (Wildman–Crippen LogP) is -1.76. The summed E-state index contributed by atoms with van der Waals surface area (Å²) in [5.41, 5.74) is -2.13. The van der Waals surface area contributed by atoms with Crippen LogP contribution in [0, 0.1) is 0 Å². The number of aliphatic hydroxyl groups is 1. The number of aromatic nitrogens is 1. The van der Waals surface area contributed by atoms with Gasteiger partial charge in [-0.3, -0.25) is 19.3 Å². The van der Waals surface area contributed by atoms with Gasteiger partial charge >= 0.3 is 5.97 Å². The quantitative estimate of drug-likeness (QED) is 0.560. The summed E-state index contributed by atoms with van der Waals surface area (Å²) in [5.74, 6) is -3.07. The maximum atomic E-state index is 12.4. The molecule has 0 radical (unpaired) electrons. The Morgan fingerprint density at radius 3 is 2.61 bits per heavy atom. The van der Waals surface area contributed by atoms with Crippen LogP contribution in [0.1, 0.15) is 20.8 Å². The highest BCUT2D eigenvalue weighted by Gasteiger charge is 2.33. The summed E-state index contributed by atoms with van der Waals surface area (Å²) in [5, 5.41) is 29.6. The van der Waals surface area contributed by atoms with Gasteiger partial charge in [0.1, 0.15) is 12.2 Å². The molecule has 1 amide bonds. The number of pyridine rings is 1. The molecule has 1 aromatic rings. The Labute approximate surface area is 130 Å². The first kappa shape index (κ1) is 16.8. The van der Waals surface area contributed by atoms with Crippen LogP contribution in [0.5, 0.6) is 5.75 Å². The van der Waals surface area contributed by atoms with Gasteiger partial charge in [0.25, 0.3) is 5.91 Å². The molecule has 2 heterocycles. The van der Waals surface area contributed by atoms with Gasteiger partial charge in [-0.25, -0.2) is 4.79 Å². The normalized spacial score (nSPS) is 14.1. The number of aromatic carboxylic acids is 1. The fourth-order valence-corrected chi connectivity index (χ4v) is 2.31. The SMILES string of the molecule is COCCN1CN(CCO)n2cc(C(=O)O)c(=O)c(O)c2C1=O. The van der Waals surface area contributed by atoms with Crippen molar-refractivity contribution in [2.45, 2.75) is 0 Å². The third-order valence-electron chi connectivity index (χ3n) is 3.45. The zero-order valence-corrected chi connectivity index (χ0v) is 12.4. The van der Waals surface area contributed by atoms with Gasteiger partial charge in [0.2, 0.25) is 5.43 Å². The third kappa shape index (κ3) is 2.98. The van der Waals surface area contributed by atoms with Crippen molar-refractivity contribution in [3.8, 4) is 5.75 Å². The van der Waals surface area contributed by atoms with E-state index in [1.807, 2.05) is 0 Å². The molecule has 126 valence electrons. The van der Waals surface area contributed by atoms with Crippen molar-refractivity contribution in [3.05, 3.63) is 27.7 Å². The molecule has 23 heavy (non-hydrogen) atoms. The van der Waals surface area contributed by atoms with Crippen molar-refractivity contribution in [1.82, 2.24) is 9.58 Å². The van der Waals surface area contributed by atoms with Crippen molar-refractivity contribution < 1.29 is 29.6 Å². The molecule has 1 aromatic heterocycles. The zero-order chi connectivity index (χ0) is 17.1. The molecule has 0 bridgehead atoms. The molecule has 10 heteroatoms. The fourth-order valence-electron chi connectivity index (χ4n) is 2.31. The number of nitrogens with zero attached hydrogens (tertiary/aromatic N) is 3. The Morgan fingerprint density at radius 1 is 1.35 bits per heavy atom. The number of carbonyl (C=O) groups excluding carboxylic acids is 1. The molecule has 1 aliphatic rings. The van der Waals surface area contributed by atoms with Crippen LogP contribution >= 0.6 is 0 Å². The lowest BCUT2D eigenvalue weighted by molar-refractivity contribution is 0.0610. The average Bonchev–Trinajstić information content (AvgIpc) is 2.51. The Morgan fingerprint density at radius 2 is 2.04 bits per heavy atom. The number of rotatable bonds is 6. The Kier molecular flexibility index (Phi) is 4.86. The standard InChI is InChI=1S/C13H17N3O7/c1-23-5-3-14-7-15(2-4-17)16-6-8(13(21)22)10(18)11(19)9(16)12(14)20/h6,17,19H,2-5,7H2,1H3,(H,21,22). The van der Waals surface area contributed by atoms with Crippen LogP contribution in [-0.2, 0) is 4.74 Å². The van der Waals surface area contributed by atoms with E-state index < -0.39 is 28.6 Å². The molecule has 0 aliphatic carbocycles. The van der Waals surface area contributed by atoms with Crippen molar-refractivity contribution >= 4 is 11.9 Å². The fraction of sp³-hybridized carbons (Fsp3) is 0.462. The van der Waals surface area contributed by atoms with E-state index in [9.17, 15) is 19.5 Å². The Bertz CT molecular complexity index is 685. The summed E-state index contributed by atoms with van der Waals surface area (Å²) in [7, 11) is 1.47. The molecule has 0 aromatic carbocycles. The lowest BCUT2D eigenvalue weighted by Gasteiger charge is -2.39. The summed E-state index contributed by atoms with van der Waals surface area (Å²) in [6.07, 6.45) is 0.973. The molecular formula is C13H17N3O7. The van der Waals surface area contributed by atoms with Gasteiger partial charge in [0.15, 0.2) is 11.4 Å². The Balaban J connectivity index is 2.58. The largest absolute Gasteiger partial charge is 0.502 e. The van der Waals surface area contributed by atoms with Crippen molar-refractivity contribution in [2.24, 2.45) is 0 Å². The first-order valence-electron chi connectivity index (χ1n) is 6.78. The average molecular weight is 327 g/mol. The number of methoxy groups -OCH3 is 1. The number of hydrogen-bond donors (Lipinski definition) is 3. The number of carboxylic acid groups (broad SMARTS) is 1. The van der Waals surface area contributed by atoms with Gasteiger partial charge in [-0.15, -0.1) is 0 Å². The van der Waals surface area contributed by atoms with Gasteiger partial charge in [-0.2, -0.15) is 0 Å². The minimum atomic E-state index is -1.51. The first-order valence-corrected chi connectivity index (χ1v) is 6.78. The maximum Gasteiger partial charge on any atom is 0.341 e. The second kappa shape index (κ2) is 6.67. The van der Waals surface area contributed by atoms with Gasteiger partial charge in [-0.1, -0.05) is 0 Å². The number of β-amino-alcohol motifs (C(OH)–C–C–N with tert-alkyl or cyclic N) is 1. The van der Waals surface area contributed by atoms with Crippen LogP contribution in [0.25, 0.3) is 0 Å². The van der Waals surface area contributed by atoms with Crippen LogP contribution in [0.4, 0.5) is 0 Å². The minimum Gasteiger partial charge on any atom is -0.502 e. The Hall–Kier alpha value is -2.59. The summed E-state index contributed by atoms with van der Waals surface area (Å²) >= 11 is 0. The third-order valence-corrected chi connectivity index (χ3v) is 3.45. The highest BCUT2D eigenvalue weighted by molar-refractivity contribution is 5.97. The van der Waals surface area contributed by atoms with E-state index in [2.05, 4.69) is 0 Å². The second-order valence-corrected chi connectivity index (χ2v) is 4.88. The molecule has 0 saturated carbocycles. The number of carbonyl (C=O) groups is 2. The summed E-state index contributed by atoms with van der Waals surface area (Å²) in [4.78, 5) is 36.8. The molecular weight excluding hydrogens is 310 g/mol. The topological polar surface area (TPSA) is 133 Å². The highest BCUT2D eigenvalue weighted by atomic mass is 16.5. The number of aliphatic hydroxyl groups excluding tert-OH is 1. The molecule has 3 N–H and O–H groups in total. The number of hydrogen-bond acceptors (Lipinski definition) is 7. The van der Waals surface area contributed by atoms with Crippen LogP contribution in [-0.4, -0.2) is 76.9 Å². The molecule has 0 saturated heterocycles. The number of carboxylic acids is 1. The number of amides is 1. The van der Waals surface area contributed by atoms with E-state index in [0.29, 0.717) is 0 Å².